The molecule has 3 rings (SSSR count). The summed E-state index contributed by atoms with van der Waals surface area (Å²) in [5.41, 5.74) is 1.43. The van der Waals surface area contributed by atoms with E-state index in [1.54, 1.807) is 12.1 Å². The van der Waals surface area contributed by atoms with E-state index < -0.39 is 17.5 Å². The molecule has 0 atom stereocenters. The molecule has 1 saturated carbocycles. The predicted octanol–water partition coefficient (Wildman–Crippen LogP) is 7.44. The Balaban J connectivity index is 1.73. The highest BCUT2D eigenvalue weighted by molar-refractivity contribution is 5.83. The quantitative estimate of drug-likeness (QED) is 0.394. The Hall–Kier alpha value is -2.29. The Kier molecular flexibility index (Phi) is 5.97. The lowest BCUT2D eigenvalue weighted by atomic mass is 9.78. The van der Waals surface area contributed by atoms with Gasteiger partial charge in [0.15, 0.2) is 11.7 Å². The van der Waals surface area contributed by atoms with Gasteiger partial charge < -0.3 is 0 Å². The number of rotatable bonds is 4. The fourth-order valence-electron chi connectivity index (χ4n) is 3.67. The number of halogens is 3. The highest BCUT2D eigenvalue weighted by atomic mass is 19.2. The van der Waals surface area contributed by atoms with E-state index in [1.165, 1.54) is 30.5 Å². The molecule has 3 heteroatoms. The van der Waals surface area contributed by atoms with Crippen molar-refractivity contribution in [3.05, 3.63) is 83.2 Å². The molecule has 26 heavy (non-hydrogen) atoms. The summed E-state index contributed by atoms with van der Waals surface area (Å²) in [6.45, 7) is 2.05. The molecule has 0 heterocycles. The molecule has 2 aromatic carbocycles. The molecule has 2 aromatic rings. The molecule has 0 spiro atoms. The SMILES string of the molecule is CC=CC1CCC(c2ccc(C(F)=C(F)c3ccc(F)cc3)cc2)CC1. The summed E-state index contributed by atoms with van der Waals surface area (Å²) in [5.74, 6) is -1.21. The Morgan fingerprint density at radius 1 is 0.808 bits per heavy atom. The monoisotopic (exact) mass is 356 g/mol. The van der Waals surface area contributed by atoms with E-state index in [0.717, 1.165) is 25.0 Å². The molecule has 0 N–H and O–H groups in total. The lowest BCUT2D eigenvalue weighted by molar-refractivity contribution is 0.375. The maximum atomic E-state index is 14.4. The largest absolute Gasteiger partial charge is 0.207 e. The fourth-order valence-corrected chi connectivity index (χ4v) is 3.67. The van der Waals surface area contributed by atoms with Gasteiger partial charge in [-0.3, -0.25) is 0 Å². The minimum absolute atomic E-state index is 0.0373. The number of hydrogen-bond acceptors (Lipinski definition) is 0. The number of hydrogen-bond donors (Lipinski definition) is 0. The van der Waals surface area contributed by atoms with Crippen LogP contribution in [0.4, 0.5) is 13.2 Å². The smallest absolute Gasteiger partial charge is 0.166 e. The third-order valence-electron chi connectivity index (χ3n) is 5.16. The van der Waals surface area contributed by atoms with Gasteiger partial charge in [-0.2, -0.15) is 0 Å². The minimum atomic E-state index is -0.968. The summed E-state index contributed by atoms with van der Waals surface area (Å²) in [6.07, 6.45) is 8.98. The summed E-state index contributed by atoms with van der Waals surface area (Å²) < 4.78 is 41.6. The van der Waals surface area contributed by atoms with Crippen LogP contribution in [-0.2, 0) is 0 Å². The topological polar surface area (TPSA) is 0 Å². The maximum absolute atomic E-state index is 14.4. The molecule has 1 aliphatic rings. The second kappa shape index (κ2) is 8.39. The lowest BCUT2D eigenvalue weighted by Crippen LogP contribution is -2.11. The zero-order chi connectivity index (χ0) is 18.5. The summed E-state index contributed by atoms with van der Waals surface area (Å²) in [7, 11) is 0. The van der Waals surface area contributed by atoms with E-state index in [1.807, 2.05) is 12.1 Å². The summed E-state index contributed by atoms with van der Waals surface area (Å²) in [4.78, 5) is 0. The van der Waals surface area contributed by atoms with Crippen molar-refractivity contribution in [1.82, 2.24) is 0 Å². The van der Waals surface area contributed by atoms with Crippen LogP contribution in [0.5, 0.6) is 0 Å². The van der Waals surface area contributed by atoms with Crippen LogP contribution in [0.3, 0.4) is 0 Å². The van der Waals surface area contributed by atoms with E-state index in [-0.39, 0.29) is 11.1 Å². The first-order valence-electron chi connectivity index (χ1n) is 9.13. The zero-order valence-electron chi connectivity index (χ0n) is 14.9. The molecule has 1 aliphatic carbocycles. The average Bonchev–Trinajstić information content (AvgIpc) is 2.68. The van der Waals surface area contributed by atoms with Gasteiger partial charge in [0.25, 0.3) is 0 Å². The van der Waals surface area contributed by atoms with Gasteiger partial charge in [0.05, 0.1) is 0 Å². The Morgan fingerprint density at radius 2 is 1.31 bits per heavy atom. The minimum Gasteiger partial charge on any atom is -0.207 e. The molecule has 0 radical (unpaired) electrons. The summed E-state index contributed by atoms with van der Waals surface area (Å²) in [5, 5.41) is 0. The van der Waals surface area contributed by atoms with Crippen LogP contribution in [0, 0.1) is 11.7 Å². The van der Waals surface area contributed by atoms with Crippen molar-refractivity contribution < 1.29 is 13.2 Å². The summed E-state index contributed by atoms with van der Waals surface area (Å²) >= 11 is 0. The molecule has 0 aliphatic heterocycles. The Bertz CT molecular complexity index is 777. The molecule has 0 unspecified atom stereocenters. The molecule has 136 valence electrons. The van der Waals surface area contributed by atoms with Crippen molar-refractivity contribution in [3.63, 3.8) is 0 Å². The maximum Gasteiger partial charge on any atom is 0.166 e. The van der Waals surface area contributed by atoms with Crippen LogP contribution in [0.2, 0.25) is 0 Å². The molecule has 0 bridgehead atoms. The average molecular weight is 356 g/mol. The van der Waals surface area contributed by atoms with Crippen LogP contribution in [0.1, 0.15) is 55.2 Å². The molecule has 0 saturated heterocycles. The van der Waals surface area contributed by atoms with Crippen molar-refractivity contribution >= 4 is 11.7 Å². The highest BCUT2D eigenvalue weighted by Gasteiger charge is 2.21. The van der Waals surface area contributed by atoms with Crippen LogP contribution >= 0.6 is 0 Å². The standard InChI is InChI=1S/C23H23F3/c1-2-3-16-4-6-17(7-5-16)18-8-10-19(11-9-18)22(25)23(26)20-12-14-21(24)15-13-20/h2-3,8-17H,4-7H2,1H3. The van der Waals surface area contributed by atoms with Crippen LogP contribution in [0.15, 0.2) is 60.7 Å². The Labute approximate surface area is 153 Å². The van der Waals surface area contributed by atoms with Crippen molar-refractivity contribution in [3.8, 4) is 0 Å². The first-order chi connectivity index (χ1) is 12.6. The van der Waals surface area contributed by atoms with Crippen molar-refractivity contribution in [2.45, 2.75) is 38.5 Å². The van der Waals surface area contributed by atoms with E-state index in [4.69, 9.17) is 0 Å². The van der Waals surface area contributed by atoms with Crippen LogP contribution in [0.25, 0.3) is 11.7 Å². The van der Waals surface area contributed by atoms with Crippen molar-refractivity contribution in [1.29, 1.82) is 0 Å². The zero-order valence-corrected chi connectivity index (χ0v) is 14.9. The van der Waals surface area contributed by atoms with Crippen molar-refractivity contribution in [2.75, 3.05) is 0 Å². The van der Waals surface area contributed by atoms with Crippen LogP contribution in [-0.4, -0.2) is 0 Å². The molecule has 1 fully saturated rings. The van der Waals surface area contributed by atoms with E-state index in [2.05, 4.69) is 19.1 Å². The molecule has 0 amide bonds. The van der Waals surface area contributed by atoms with Gasteiger partial charge in [-0.05, 0) is 74.3 Å². The fraction of sp³-hybridized carbons (Fsp3) is 0.304. The third-order valence-corrected chi connectivity index (χ3v) is 5.16. The predicted molar refractivity (Wildman–Crippen MR) is 101 cm³/mol. The first-order valence-corrected chi connectivity index (χ1v) is 9.13. The van der Waals surface area contributed by atoms with E-state index in [9.17, 15) is 13.2 Å². The number of allylic oxidation sites excluding steroid dienone is 2. The van der Waals surface area contributed by atoms with Gasteiger partial charge in [0, 0.05) is 11.1 Å². The normalized spacial score (nSPS) is 21.7. The van der Waals surface area contributed by atoms with Crippen molar-refractivity contribution in [2.24, 2.45) is 5.92 Å². The van der Waals surface area contributed by atoms with E-state index in [0.29, 0.717) is 11.8 Å². The van der Waals surface area contributed by atoms with Gasteiger partial charge in [-0.1, -0.05) is 36.4 Å². The third kappa shape index (κ3) is 4.27. The summed E-state index contributed by atoms with van der Waals surface area (Å²) in [6, 6.07) is 11.8. The van der Waals surface area contributed by atoms with Gasteiger partial charge in [-0.15, -0.1) is 0 Å². The highest BCUT2D eigenvalue weighted by Crippen LogP contribution is 2.37. The van der Waals surface area contributed by atoms with Gasteiger partial charge in [0.1, 0.15) is 5.82 Å². The van der Waals surface area contributed by atoms with Gasteiger partial charge in [0.2, 0.25) is 0 Å². The van der Waals surface area contributed by atoms with Gasteiger partial charge >= 0.3 is 0 Å². The van der Waals surface area contributed by atoms with Gasteiger partial charge in [-0.25, -0.2) is 13.2 Å². The molecular weight excluding hydrogens is 333 g/mol. The van der Waals surface area contributed by atoms with E-state index >= 15 is 0 Å². The second-order valence-electron chi connectivity index (χ2n) is 6.89. The number of benzene rings is 2. The molecule has 0 nitrogen and oxygen atoms in total. The molecular formula is C23H23F3. The lowest BCUT2D eigenvalue weighted by Gasteiger charge is -2.27. The first kappa shape index (κ1) is 18.5. The molecule has 0 aromatic heterocycles. The second-order valence-corrected chi connectivity index (χ2v) is 6.89. The Morgan fingerprint density at radius 3 is 1.81 bits per heavy atom. The van der Waals surface area contributed by atoms with Crippen LogP contribution < -0.4 is 0 Å².